The Balaban J connectivity index is 1.06. The number of hydrogen-bond donors (Lipinski definition) is 4. The quantitative estimate of drug-likeness (QED) is 0.175. The Morgan fingerprint density at radius 3 is 2.17 bits per heavy atom. The van der Waals surface area contributed by atoms with Crippen molar-refractivity contribution in [3.05, 3.63) is 89.5 Å². The topological polar surface area (TPSA) is 109 Å². The molecule has 4 saturated carbocycles. The van der Waals surface area contributed by atoms with Gasteiger partial charge in [0, 0.05) is 46.0 Å². The van der Waals surface area contributed by atoms with Crippen molar-refractivity contribution in [2.45, 2.75) is 87.9 Å². The maximum atomic E-state index is 13.3. The zero-order valence-corrected chi connectivity index (χ0v) is 27.9. The number of rotatable bonds is 9. The zero-order chi connectivity index (χ0) is 32.5. The molecule has 0 radical (unpaired) electrons. The Labute approximate surface area is 281 Å². The van der Waals surface area contributed by atoms with Crippen molar-refractivity contribution in [2.24, 2.45) is 23.7 Å². The Kier molecular flexibility index (Phi) is 9.33. The lowest BCUT2D eigenvalue weighted by molar-refractivity contribution is -0.268. The van der Waals surface area contributed by atoms with Gasteiger partial charge in [0.15, 0.2) is 6.29 Å². The van der Waals surface area contributed by atoms with Crippen molar-refractivity contribution >= 4 is 35.1 Å². The number of ether oxygens (including phenoxy) is 2. The minimum Gasteiger partial charge on any atom is -0.392 e. The summed E-state index contributed by atoms with van der Waals surface area (Å²) in [7, 11) is 0. The van der Waals surface area contributed by atoms with Crippen LogP contribution < -0.4 is 16.0 Å². The van der Waals surface area contributed by atoms with E-state index in [9.17, 15) is 14.7 Å². The van der Waals surface area contributed by atoms with Gasteiger partial charge in [-0.25, -0.2) is 4.79 Å². The molecule has 0 aromatic heterocycles. The molecule has 5 fully saturated rings. The van der Waals surface area contributed by atoms with Crippen LogP contribution >= 0.6 is 11.8 Å². The number of anilines is 2. The van der Waals surface area contributed by atoms with Crippen LogP contribution in [0.4, 0.5) is 16.2 Å². The van der Waals surface area contributed by atoms with Crippen molar-refractivity contribution < 1.29 is 24.2 Å². The van der Waals surface area contributed by atoms with E-state index in [-0.39, 0.29) is 42.2 Å². The third-order valence-corrected chi connectivity index (χ3v) is 11.6. The number of aliphatic hydroxyl groups is 1. The van der Waals surface area contributed by atoms with Crippen LogP contribution in [0.1, 0.15) is 81.5 Å². The van der Waals surface area contributed by atoms with Gasteiger partial charge in [0.25, 0.3) is 0 Å². The van der Waals surface area contributed by atoms with Crippen LogP contribution in [0.25, 0.3) is 0 Å². The van der Waals surface area contributed by atoms with Crippen molar-refractivity contribution in [1.82, 2.24) is 5.32 Å². The number of nitrogens with one attached hydrogen (secondary N) is 3. The fourth-order valence-corrected chi connectivity index (χ4v) is 9.82. The molecule has 248 valence electrons. The van der Waals surface area contributed by atoms with Crippen molar-refractivity contribution in [3.63, 3.8) is 0 Å². The number of hydrogen-bond acceptors (Lipinski definition) is 6. The summed E-state index contributed by atoms with van der Waals surface area (Å²) in [6.07, 6.45) is 6.33. The van der Waals surface area contributed by atoms with Gasteiger partial charge in [0.1, 0.15) is 0 Å². The van der Waals surface area contributed by atoms with E-state index in [0.717, 1.165) is 64.3 Å². The molecule has 8 rings (SSSR count). The van der Waals surface area contributed by atoms with Crippen LogP contribution in [0.15, 0.2) is 77.7 Å². The summed E-state index contributed by atoms with van der Waals surface area (Å²) >= 11 is 1.70. The highest BCUT2D eigenvalue weighted by Gasteiger charge is 2.51. The molecule has 1 saturated heterocycles. The SMILES string of the molecule is CC(=O)Nc1ccc(SC[C@H]2O[C@@H](c3cccc(NC(=O)NC45CC6CC(CC(C6)C4)C5)c3)O[C@@H](c3ccc(CO)cc3)[C@H]2C)cc1. The highest BCUT2D eigenvalue weighted by molar-refractivity contribution is 7.99. The summed E-state index contributed by atoms with van der Waals surface area (Å²) in [5, 5.41) is 18.9. The molecular weight excluding hydrogens is 611 g/mol. The Hall–Kier alpha value is -3.37. The molecule has 1 heterocycles. The molecule has 47 heavy (non-hydrogen) atoms. The van der Waals surface area contributed by atoms with Gasteiger partial charge in [0.2, 0.25) is 5.91 Å². The second-order valence-electron chi connectivity index (χ2n) is 14.2. The van der Waals surface area contributed by atoms with E-state index in [4.69, 9.17) is 9.47 Å². The summed E-state index contributed by atoms with van der Waals surface area (Å²) in [6, 6.07) is 23.4. The zero-order valence-electron chi connectivity index (χ0n) is 27.1. The summed E-state index contributed by atoms with van der Waals surface area (Å²) in [4.78, 5) is 25.8. The number of thioether (sulfide) groups is 1. The van der Waals surface area contributed by atoms with E-state index in [1.807, 2.05) is 72.8 Å². The first kappa shape index (κ1) is 32.2. The van der Waals surface area contributed by atoms with Gasteiger partial charge in [-0.15, -0.1) is 11.8 Å². The number of aliphatic hydroxyl groups excluding tert-OH is 1. The summed E-state index contributed by atoms with van der Waals surface area (Å²) in [5.41, 5.74) is 4.15. The monoisotopic (exact) mass is 655 g/mol. The normalized spacial score (nSPS) is 30.9. The first-order chi connectivity index (χ1) is 22.7. The highest BCUT2D eigenvalue weighted by atomic mass is 32.2. The number of amides is 3. The van der Waals surface area contributed by atoms with E-state index in [0.29, 0.717) is 11.4 Å². The summed E-state index contributed by atoms with van der Waals surface area (Å²) < 4.78 is 13.3. The molecule has 5 aliphatic rings. The lowest BCUT2D eigenvalue weighted by Gasteiger charge is -2.56. The first-order valence-corrected chi connectivity index (χ1v) is 17.9. The molecule has 3 aromatic rings. The van der Waals surface area contributed by atoms with Gasteiger partial charge in [0.05, 0.1) is 18.8 Å². The van der Waals surface area contributed by atoms with Gasteiger partial charge in [-0.1, -0.05) is 43.3 Å². The van der Waals surface area contributed by atoms with Crippen molar-refractivity contribution in [1.29, 1.82) is 0 Å². The highest BCUT2D eigenvalue weighted by Crippen LogP contribution is 2.55. The molecule has 8 nitrogen and oxygen atoms in total. The average Bonchev–Trinajstić information content (AvgIpc) is 3.04. The van der Waals surface area contributed by atoms with Gasteiger partial charge < -0.3 is 30.5 Å². The third-order valence-electron chi connectivity index (χ3n) is 10.5. The smallest absolute Gasteiger partial charge is 0.319 e. The number of carbonyl (C=O) groups excluding carboxylic acids is 2. The molecule has 3 aromatic carbocycles. The van der Waals surface area contributed by atoms with Crippen LogP contribution in [0.5, 0.6) is 0 Å². The Bertz CT molecular complexity index is 1540. The fourth-order valence-electron chi connectivity index (χ4n) is 8.76. The molecule has 0 spiro atoms. The predicted octanol–water partition coefficient (Wildman–Crippen LogP) is 7.81. The lowest BCUT2D eigenvalue weighted by atomic mass is 9.53. The molecule has 3 amide bonds. The molecule has 4 N–H and O–H groups in total. The number of carbonyl (C=O) groups is 2. The third kappa shape index (κ3) is 7.38. The Morgan fingerprint density at radius 2 is 1.53 bits per heavy atom. The van der Waals surface area contributed by atoms with E-state index in [1.165, 1.54) is 26.2 Å². The van der Waals surface area contributed by atoms with Crippen LogP contribution in [0.3, 0.4) is 0 Å². The van der Waals surface area contributed by atoms with E-state index < -0.39 is 6.29 Å². The van der Waals surface area contributed by atoms with Gasteiger partial charge in [-0.2, -0.15) is 0 Å². The van der Waals surface area contributed by atoms with Crippen LogP contribution in [-0.2, 0) is 20.9 Å². The fraction of sp³-hybridized carbons (Fsp3) is 0.474. The predicted molar refractivity (Wildman–Crippen MR) is 184 cm³/mol. The molecule has 9 heteroatoms. The minimum absolute atomic E-state index is 0.0106. The number of benzene rings is 3. The first-order valence-electron chi connectivity index (χ1n) is 16.9. The lowest BCUT2D eigenvalue weighted by Crippen LogP contribution is -2.60. The van der Waals surface area contributed by atoms with E-state index >= 15 is 0 Å². The summed E-state index contributed by atoms with van der Waals surface area (Å²) in [6.45, 7) is 3.64. The van der Waals surface area contributed by atoms with Gasteiger partial charge >= 0.3 is 6.03 Å². The second kappa shape index (κ2) is 13.6. The second-order valence-corrected chi connectivity index (χ2v) is 15.3. The minimum atomic E-state index is -0.630. The average molecular weight is 656 g/mol. The van der Waals surface area contributed by atoms with Crippen LogP contribution in [0.2, 0.25) is 0 Å². The van der Waals surface area contributed by atoms with E-state index in [1.54, 1.807) is 11.8 Å². The van der Waals surface area contributed by atoms with Gasteiger partial charge in [-0.05, 0) is 104 Å². The maximum absolute atomic E-state index is 13.3. The number of urea groups is 1. The van der Waals surface area contributed by atoms with E-state index in [2.05, 4.69) is 22.9 Å². The summed E-state index contributed by atoms with van der Waals surface area (Å²) in [5.74, 6) is 2.93. The Morgan fingerprint density at radius 1 is 0.851 bits per heavy atom. The largest absolute Gasteiger partial charge is 0.392 e. The standard InChI is InChI=1S/C38H45N3O5S/c1-23-34(22-47-33-12-10-31(11-13-33)39-24(2)43)45-36(46-35(23)29-8-6-25(21-42)7-9-29)30-4-3-5-32(17-30)40-37(44)41-38-18-26-14-27(19-38)16-28(15-26)20-38/h3-13,17,23,26-28,34-36,42H,14-16,18-22H2,1-2H3,(H,39,43)(H2,40,41,44)/t23-,26?,27?,28?,34+,35+,36+,38?/m0/s1. The van der Waals surface area contributed by atoms with Crippen molar-refractivity contribution in [3.8, 4) is 0 Å². The molecular formula is C38H45N3O5S. The van der Waals surface area contributed by atoms with Crippen molar-refractivity contribution in [2.75, 3.05) is 16.4 Å². The van der Waals surface area contributed by atoms with Crippen LogP contribution in [-0.4, -0.2) is 34.4 Å². The molecule has 4 aliphatic carbocycles. The maximum Gasteiger partial charge on any atom is 0.319 e. The molecule has 4 bridgehead atoms. The van der Waals surface area contributed by atoms with Crippen LogP contribution in [0, 0.1) is 23.7 Å². The van der Waals surface area contributed by atoms with Gasteiger partial charge in [-0.3, -0.25) is 4.79 Å². The molecule has 1 aliphatic heterocycles. The molecule has 4 atom stereocenters. The molecule has 0 unspecified atom stereocenters.